The van der Waals surface area contributed by atoms with Crippen molar-refractivity contribution >= 4 is 16.7 Å². The Morgan fingerprint density at radius 2 is 1.82 bits per heavy atom. The van der Waals surface area contributed by atoms with Crippen LogP contribution in [0.1, 0.15) is 0 Å². The molecule has 3 aromatic rings. The summed E-state index contributed by atoms with van der Waals surface area (Å²) in [6.45, 7) is 0. The van der Waals surface area contributed by atoms with Crippen molar-refractivity contribution in [3.05, 3.63) is 48.9 Å². The fourth-order valence-electron chi connectivity index (χ4n) is 1.74. The van der Waals surface area contributed by atoms with Crippen molar-refractivity contribution in [2.45, 2.75) is 0 Å². The van der Waals surface area contributed by atoms with Crippen molar-refractivity contribution in [2.75, 3.05) is 5.73 Å². The number of anilines is 1. The molecule has 4 heteroatoms. The highest BCUT2D eigenvalue weighted by Gasteiger charge is 2.02. The van der Waals surface area contributed by atoms with E-state index in [9.17, 15) is 0 Å². The maximum Gasteiger partial charge on any atom is 0.127 e. The van der Waals surface area contributed by atoms with Crippen LogP contribution in [0, 0.1) is 0 Å². The van der Waals surface area contributed by atoms with Gasteiger partial charge in [0.25, 0.3) is 0 Å². The van der Waals surface area contributed by atoms with Gasteiger partial charge in [0.15, 0.2) is 0 Å². The van der Waals surface area contributed by atoms with Gasteiger partial charge >= 0.3 is 0 Å². The highest BCUT2D eigenvalue weighted by molar-refractivity contribution is 5.82. The predicted octanol–water partition coefficient (Wildman–Crippen LogP) is 2.27. The number of nitrogens with zero attached hydrogens (tertiary/aromatic N) is 3. The smallest absolute Gasteiger partial charge is 0.127 e. The molecule has 0 radical (unpaired) electrons. The summed E-state index contributed by atoms with van der Waals surface area (Å²) in [6.07, 6.45) is 3.25. The van der Waals surface area contributed by atoms with Gasteiger partial charge in [-0.1, -0.05) is 18.2 Å². The number of aromatic nitrogens is 3. The fourth-order valence-corrected chi connectivity index (χ4v) is 1.74. The minimum absolute atomic E-state index is 0.461. The van der Waals surface area contributed by atoms with E-state index < -0.39 is 0 Å². The van der Waals surface area contributed by atoms with Crippen molar-refractivity contribution in [3.63, 3.8) is 0 Å². The van der Waals surface area contributed by atoms with Gasteiger partial charge < -0.3 is 5.73 Å². The Bertz CT molecular complexity index is 679. The van der Waals surface area contributed by atoms with Crippen molar-refractivity contribution < 1.29 is 0 Å². The molecule has 82 valence electrons. The third-order valence-corrected chi connectivity index (χ3v) is 2.57. The molecule has 0 aliphatic carbocycles. The summed E-state index contributed by atoms with van der Waals surface area (Å²) in [4.78, 5) is 12.4. The second kappa shape index (κ2) is 3.83. The SMILES string of the molecule is Nc1cc(-c2cnc3ccccc3c2)ncn1. The molecule has 0 unspecified atom stereocenters. The van der Waals surface area contributed by atoms with Crippen molar-refractivity contribution in [1.82, 2.24) is 15.0 Å². The van der Waals surface area contributed by atoms with E-state index in [0.29, 0.717) is 5.82 Å². The molecule has 2 N–H and O–H groups in total. The predicted molar refractivity (Wildman–Crippen MR) is 67.2 cm³/mol. The first-order valence-corrected chi connectivity index (χ1v) is 5.25. The highest BCUT2D eigenvalue weighted by Crippen LogP contribution is 2.21. The Kier molecular flexibility index (Phi) is 2.19. The van der Waals surface area contributed by atoms with Gasteiger partial charge in [-0.25, -0.2) is 9.97 Å². The molecule has 0 aliphatic rings. The number of benzene rings is 1. The summed E-state index contributed by atoms with van der Waals surface area (Å²) >= 11 is 0. The van der Waals surface area contributed by atoms with Gasteiger partial charge in [-0.05, 0) is 12.1 Å². The maximum atomic E-state index is 5.64. The van der Waals surface area contributed by atoms with E-state index in [2.05, 4.69) is 15.0 Å². The van der Waals surface area contributed by atoms with E-state index >= 15 is 0 Å². The summed E-state index contributed by atoms with van der Waals surface area (Å²) in [5.74, 6) is 0.461. The Labute approximate surface area is 98.2 Å². The molecule has 2 aromatic heterocycles. The molecule has 0 saturated heterocycles. The summed E-state index contributed by atoms with van der Waals surface area (Å²) in [5.41, 5.74) is 8.34. The van der Waals surface area contributed by atoms with Crippen LogP contribution in [-0.2, 0) is 0 Å². The van der Waals surface area contributed by atoms with Gasteiger partial charge in [0.05, 0.1) is 11.2 Å². The monoisotopic (exact) mass is 222 g/mol. The zero-order chi connectivity index (χ0) is 11.7. The molecule has 0 fully saturated rings. The lowest BCUT2D eigenvalue weighted by molar-refractivity contribution is 1.18. The first-order chi connectivity index (χ1) is 8.33. The molecule has 0 saturated carbocycles. The standard InChI is InChI=1S/C13H10N4/c14-13-6-12(16-8-17-13)10-5-9-3-1-2-4-11(9)15-7-10/h1-8H,(H2,14,16,17). The average molecular weight is 222 g/mol. The maximum absolute atomic E-state index is 5.64. The number of nitrogens with two attached hydrogens (primary N) is 1. The Balaban J connectivity index is 2.18. The normalized spacial score (nSPS) is 10.6. The molecule has 17 heavy (non-hydrogen) atoms. The third kappa shape index (κ3) is 1.80. The first-order valence-electron chi connectivity index (χ1n) is 5.25. The Morgan fingerprint density at radius 1 is 0.941 bits per heavy atom. The number of para-hydroxylation sites is 1. The van der Waals surface area contributed by atoms with Gasteiger partial charge in [0, 0.05) is 23.2 Å². The lowest BCUT2D eigenvalue weighted by Crippen LogP contribution is -1.93. The van der Waals surface area contributed by atoms with E-state index in [-0.39, 0.29) is 0 Å². The first kappa shape index (κ1) is 9.72. The average Bonchev–Trinajstić information content (AvgIpc) is 2.38. The third-order valence-electron chi connectivity index (χ3n) is 2.57. The molecule has 1 aromatic carbocycles. The summed E-state index contributed by atoms with van der Waals surface area (Å²) in [6, 6.07) is 11.7. The van der Waals surface area contributed by atoms with Crippen molar-refractivity contribution in [2.24, 2.45) is 0 Å². The van der Waals surface area contributed by atoms with Crippen LogP contribution in [-0.4, -0.2) is 15.0 Å². The molecule has 0 amide bonds. The van der Waals surface area contributed by atoms with E-state index in [4.69, 9.17) is 5.73 Å². The van der Waals surface area contributed by atoms with E-state index in [1.807, 2.05) is 30.3 Å². The molecule has 0 bridgehead atoms. The van der Waals surface area contributed by atoms with Gasteiger partial charge in [-0.15, -0.1) is 0 Å². The summed E-state index contributed by atoms with van der Waals surface area (Å²) in [5, 5.41) is 1.09. The van der Waals surface area contributed by atoms with Crippen LogP contribution in [0.4, 0.5) is 5.82 Å². The minimum atomic E-state index is 0.461. The zero-order valence-electron chi connectivity index (χ0n) is 9.04. The highest BCUT2D eigenvalue weighted by atomic mass is 14.9. The number of hydrogen-bond donors (Lipinski definition) is 1. The number of hydrogen-bond acceptors (Lipinski definition) is 4. The molecule has 3 rings (SSSR count). The molecular weight excluding hydrogens is 212 g/mol. The minimum Gasteiger partial charge on any atom is -0.384 e. The van der Waals surface area contributed by atoms with Crippen LogP contribution < -0.4 is 5.73 Å². The van der Waals surface area contributed by atoms with Crippen LogP contribution in [0.5, 0.6) is 0 Å². The quantitative estimate of drug-likeness (QED) is 0.686. The zero-order valence-corrected chi connectivity index (χ0v) is 9.04. The van der Waals surface area contributed by atoms with Crippen LogP contribution in [0.15, 0.2) is 48.9 Å². The Morgan fingerprint density at radius 3 is 2.71 bits per heavy atom. The second-order valence-corrected chi connectivity index (χ2v) is 3.74. The molecular formula is C13H10N4. The van der Waals surface area contributed by atoms with Crippen molar-refractivity contribution in [1.29, 1.82) is 0 Å². The van der Waals surface area contributed by atoms with E-state index in [1.54, 1.807) is 12.3 Å². The summed E-state index contributed by atoms with van der Waals surface area (Å²) < 4.78 is 0. The lowest BCUT2D eigenvalue weighted by Gasteiger charge is -2.02. The van der Waals surface area contributed by atoms with Gasteiger partial charge in [-0.2, -0.15) is 0 Å². The molecule has 0 atom stereocenters. The fraction of sp³-hybridized carbons (Fsp3) is 0. The molecule has 4 nitrogen and oxygen atoms in total. The molecule has 0 aliphatic heterocycles. The second-order valence-electron chi connectivity index (χ2n) is 3.74. The molecule has 2 heterocycles. The molecule has 0 spiro atoms. The summed E-state index contributed by atoms with van der Waals surface area (Å²) in [7, 11) is 0. The van der Waals surface area contributed by atoms with Crippen LogP contribution in [0.2, 0.25) is 0 Å². The number of rotatable bonds is 1. The Hall–Kier alpha value is -2.49. The van der Waals surface area contributed by atoms with Crippen LogP contribution in [0.25, 0.3) is 22.2 Å². The van der Waals surface area contributed by atoms with E-state index in [1.165, 1.54) is 6.33 Å². The largest absolute Gasteiger partial charge is 0.384 e. The van der Waals surface area contributed by atoms with Crippen LogP contribution >= 0.6 is 0 Å². The van der Waals surface area contributed by atoms with Gasteiger partial charge in [0.1, 0.15) is 12.1 Å². The number of nitrogen functional groups attached to an aromatic ring is 1. The topological polar surface area (TPSA) is 64.7 Å². The lowest BCUT2D eigenvalue weighted by atomic mass is 10.1. The number of pyridine rings is 1. The van der Waals surface area contributed by atoms with Gasteiger partial charge in [-0.3, -0.25) is 4.98 Å². The van der Waals surface area contributed by atoms with Crippen LogP contribution in [0.3, 0.4) is 0 Å². The van der Waals surface area contributed by atoms with E-state index in [0.717, 1.165) is 22.2 Å². The van der Waals surface area contributed by atoms with Crippen molar-refractivity contribution in [3.8, 4) is 11.3 Å². The number of fused-ring (bicyclic) bond motifs is 1. The van der Waals surface area contributed by atoms with Gasteiger partial charge in [0.2, 0.25) is 0 Å².